The molecule has 0 radical (unpaired) electrons. The Morgan fingerprint density at radius 2 is 2.05 bits per heavy atom. The molecule has 3 N–H and O–H groups in total. The van der Waals surface area contributed by atoms with Crippen molar-refractivity contribution in [1.82, 2.24) is 10.2 Å². The maximum Gasteiger partial charge on any atom is 0.239 e. The van der Waals surface area contributed by atoms with Crippen LogP contribution in [-0.2, 0) is 9.53 Å². The van der Waals surface area contributed by atoms with Crippen molar-refractivity contribution in [1.29, 1.82) is 0 Å². The Balaban J connectivity index is 2.07. The molecule has 0 saturated heterocycles. The number of carbonyl (C=O) groups excluding carboxylic acids is 1. The van der Waals surface area contributed by atoms with E-state index in [0.717, 1.165) is 25.9 Å². The Morgan fingerprint density at radius 1 is 1.38 bits per heavy atom. The van der Waals surface area contributed by atoms with E-state index in [1.807, 2.05) is 0 Å². The maximum atomic E-state index is 12.3. The molecule has 2 saturated carbocycles. The SMILES string of the molecule is COCCN(CC(C)C)CC(NC1CC1)(C(N)=O)C1CC1. The molecule has 2 aliphatic carbocycles. The van der Waals surface area contributed by atoms with Crippen molar-refractivity contribution in [2.75, 3.05) is 33.4 Å². The number of nitrogens with two attached hydrogens (primary N) is 1. The molecule has 21 heavy (non-hydrogen) atoms. The number of ether oxygens (including phenoxy) is 1. The largest absolute Gasteiger partial charge is 0.383 e. The van der Waals surface area contributed by atoms with Crippen LogP contribution in [0.25, 0.3) is 0 Å². The number of hydrogen-bond donors (Lipinski definition) is 2. The van der Waals surface area contributed by atoms with Crippen LogP contribution in [0.5, 0.6) is 0 Å². The van der Waals surface area contributed by atoms with Gasteiger partial charge in [0, 0.05) is 32.8 Å². The van der Waals surface area contributed by atoms with Gasteiger partial charge in [0.25, 0.3) is 0 Å². The molecule has 0 aromatic carbocycles. The van der Waals surface area contributed by atoms with Crippen LogP contribution in [-0.4, -0.2) is 55.7 Å². The molecule has 0 aromatic heterocycles. The molecule has 0 bridgehead atoms. The van der Waals surface area contributed by atoms with Crippen molar-refractivity contribution in [2.24, 2.45) is 17.6 Å². The zero-order valence-corrected chi connectivity index (χ0v) is 13.7. The fourth-order valence-electron chi connectivity index (χ4n) is 3.14. The van der Waals surface area contributed by atoms with Gasteiger partial charge in [0.1, 0.15) is 5.54 Å². The van der Waals surface area contributed by atoms with Crippen LogP contribution in [0.2, 0.25) is 0 Å². The van der Waals surface area contributed by atoms with Gasteiger partial charge in [-0.1, -0.05) is 13.8 Å². The highest BCUT2D eigenvalue weighted by molar-refractivity contribution is 5.86. The first-order chi connectivity index (χ1) is 9.98. The highest BCUT2D eigenvalue weighted by Gasteiger charge is 2.52. The first-order valence-electron chi connectivity index (χ1n) is 8.27. The predicted molar refractivity (Wildman–Crippen MR) is 84.0 cm³/mol. The van der Waals surface area contributed by atoms with E-state index in [9.17, 15) is 4.79 Å². The first kappa shape index (κ1) is 16.7. The fourth-order valence-corrected chi connectivity index (χ4v) is 3.14. The Hall–Kier alpha value is -0.650. The third-order valence-corrected chi connectivity index (χ3v) is 4.46. The third kappa shape index (κ3) is 4.66. The second-order valence-electron chi connectivity index (χ2n) is 7.15. The molecular weight excluding hydrogens is 266 g/mol. The monoisotopic (exact) mass is 297 g/mol. The van der Waals surface area contributed by atoms with E-state index in [1.165, 1.54) is 12.8 Å². The Morgan fingerprint density at radius 3 is 2.48 bits per heavy atom. The van der Waals surface area contributed by atoms with Gasteiger partial charge in [-0.2, -0.15) is 0 Å². The Bertz CT molecular complexity index is 353. The molecule has 2 rings (SSSR count). The molecule has 0 heterocycles. The van der Waals surface area contributed by atoms with E-state index in [1.54, 1.807) is 7.11 Å². The lowest BCUT2D eigenvalue weighted by Crippen LogP contribution is -2.64. The van der Waals surface area contributed by atoms with Gasteiger partial charge in [-0.15, -0.1) is 0 Å². The van der Waals surface area contributed by atoms with Crippen molar-refractivity contribution in [2.45, 2.75) is 51.1 Å². The molecule has 1 amide bonds. The summed E-state index contributed by atoms with van der Waals surface area (Å²) < 4.78 is 5.22. The smallest absolute Gasteiger partial charge is 0.239 e. The molecule has 1 unspecified atom stereocenters. The second kappa shape index (κ2) is 7.07. The van der Waals surface area contributed by atoms with Crippen LogP contribution in [0, 0.1) is 11.8 Å². The summed E-state index contributed by atoms with van der Waals surface area (Å²) in [5.41, 5.74) is 5.30. The summed E-state index contributed by atoms with van der Waals surface area (Å²) >= 11 is 0. The average Bonchev–Trinajstić information content (AvgIpc) is 3.25. The number of primary amides is 1. The minimum Gasteiger partial charge on any atom is -0.383 e. The van der Waals surface area contributed by atoms with Gasteiger partial charge in [0.2, 0.25) is 5.91 Å². The molecule has 5 heteroatoms. The molecule has 5 nitrogen and oxygen atoms in total. The predicted octanol–water partition coefficient (Wildman–Crippen LogP) is 0.977. The summed E-state index contributed by atoms with van der Waals surface area (Å²) in [6, 6.07) is 0.487. The van der Waals surface area contributed by atoms with Crippen LogP contribution >= 0.6 is 0 Å². The molecule has 2 aliphatic rings. The van der Waals surface area contributed by atoms with Crippen molar-refractivity contribution < 1.29 is 9.53 Å². The van der Waals surface area contributed by atoms with Crippen molar-refractivity contribution in [3.8, 4) is 0 Å². The number of nitrogens with one attached hydrogen (secondary N) is 1. The molecule has 1 atom stereocenters. The minimum atomic E-state index is -0.538. The van der Waals surface area contributed by atoms with Gasteiger partial charge >= 0.3 is 0 Å². The zero-order chi connectivity index (χ0) is 15.5. The van der Waals surface area contributed by atoms with Gasteiger partial charge in [-0.25, -0.2) is 0 Å². The molecule has 2 fully saturated rings. The van der Waals surface area contributed by atoms with E-state index in [0.29, 0.717) is 31.0 Å². The molecule has 0 aromatic rings. The van der Waals surface area contributed by atoms with E-state index in [-0.39, 0.29) is 5.91 Å². The highest BCUT2D eigenvalue weighted by Crippen LogP contribution is 2.42. The summed E-state index contributed by atoms with van der Waals surface area (Å²) in [5.74, 6) is 0.795. The summed E-state index contributed by atoms with van der Waals surface area (Å²) in [7, 11) is 1.72. The lowest BCUT2D eigenvalue weighted by Gasteiger charge is -2.38. The maximum absolute atomic E-state index is 12.3. The number of rotatable bonds is 11. The van der Waals surface area contributed by atoms with Crippen LogP contribution < -0.4 is 11.1 Å². The lowest BCUT2D eigenvalue weighted by molar-refractivity contribution is -0.126. The van der Waals surface area contributed by atoms with Crippen molar-refractivity contribution in [3.05, 3.63) is 0 Å². The number of carbonyl (C=O) groups is 1. The average molecular weight is 297 g/mol. The van der Waals surface area contributed by atoms with Gasteiger partial charge in [-0.3, -0.25) is 15.0 Å². The first-order valence-corrected chi connectivity index (χ1v) is 8.27. The van der Waals surface area contributed by atoms with Gasteiger partial charge in [-0.05, 0) is 37.5 Å². The Labute approximate surface area is 128 Å². The highest BCUT2D eigenvalue weighted by atomic mass is 16.5. The topological polar surface area (TPSA) is 67.6 Å². The number of amides is 1. The van der Waals surface area contributed by atoms with Gasteiger partial charge in [0.15, 0.2) is 0 Å². The number of methoxy groups -OCH3 is 1. The molecule has 122 valence electrons. The van der Waals surface area contributed by atoms with Crippen LogP contribution in [0.1, 0.15) is 39.5 Å². The van der Waals surface area contributed by atoms with Crippen LogP contribution in [0.4, 0.5) is 0 Å². The van der Waals surface area contributed by atoms with Crippen molar-refractivity contribution in [3.63, 3.8) is 0 Å². The van der Waals surface area contributed by atoms with E-state index < -0.39 is 5.54 Å². The summed E-state index contributed by atoms with van der Waals surface area (Å²) in [4.78, 5) is 14.6. The summed E-state index contributed by atoms with van der Waals surface area (Å²) in [6.07, 6.45) is 4.57. The number of hydrogen-bond acceptors (Lipinski definition) is 4. The minimum absolute atomic E-state index is 0.178. The standard InChI is InChI=1S/C16H31N3O2/c1-12(2)10-19(8-9-21-3)11-16(15(17)20,13-4-5-13)18-14-6-7-14/h12-14,18H,4-11H2,1-3H3,(H2,17,20). The molecule has 0 aliphatic heterocycles. The van der Waals surface area contributed by atoms with E-state index in [4.69, 9.17) is 10.5 Å². The number of nitrogens with zero attached hydrogens (tertiary/aromatic N) is 1. The Kier molecular flexibility index (Phi) is 5.63. The van der Waals surface area contributed by atoms with E-state index >= 15 is 0 Å². The van der Waals surface area contributed by atoms with Gasteiger partial charge in [0.05, 0.1) is 6.61 Å². The normalized spacial score (nSPS) is 21.8. The van der Waals surface area contributed by atoms with E-state index in [2.05, 4.69) is 24.1 Å². The quantitative estimate of drug-likeness (QED) is 0.596. The second-order valence-corrected chi connectivity index (χ2v) is 7.15. The fraction of sp³-hybridized carbons (Fsp3) is 0.938. The third-order valence-electron chi connectivity index (χ3n) is 4.46. The summed E-state index contributed by atoms with van der Waals surface area (Å²) in [5, 5.41) is 3.59. The zero-order valence-electron chi connectivity index (χ0n) is 13.7. The van der Waals surface area contributed by atoms with Gasteiger partial charge < -0.3 is 10.5 Å². The summed E-state index contributed by atoms with van der Waals surface area (Å²) in [6.45, 7) is 7.63. The lowest BCUT2D eigenvalue weighted by atomic mass is 9.90. The van der Waals surface area contributed by atoms with Crippen molar-refractivity contribution >= 4 is 5.91 Å². The molecule has 0 spiro atoms. The van der Waals surface area contributed by atoms with Crippen LogP contribution in [0.15, 0.2) is 0 Å². The van der Waals surface area contributed by atoms with Crippen LogP contribution in [0.3, 0.4) is 0 Å². The molecular formula is C16H31N3O2.